The Balaban J connectivity index is 2.18. The molecule has 0 aliphatic rings. The van der Waals surface area contributed by atoms with Crippen LogP contribution in [0.1, 0.15) is 34.6 Å². The Labute approximate surface area is 124 Å². The molecule has 3 N–H and O–H groups in total. The summed E-state index contributed by atoms with van der Waals surface area (Å²) >= 11 is 0. The number of aromatic nitrogens is 2. The number of anilines is 1. The zero-order chi connectivity index (χ0) is 16.3. The van der Waals surface area contributed by atoms with Crippen LogP contribution in [0.25, 0.3) is 0 Å². The number of nitrogens with two attached hydrogens (primary N) is 1. The SMILES string of the molecule is C[C@H](NC(=O)c1nccnc1N)c1cccc(C(F)(F)F)c1. The van der Waals surface area contributed by atoms with Crippen molar-refractivity contribution < 1.29 is 18.0 Å². The Morgan fingerprint density at radius 1 is 1.27 bits per heavy atom. The number of hydrogen-bond donors (Lipinski definition) is 2. The first-order valence-electron chi connectivity index (χ1n) is 6.33. The highest BCUT2D eigenvalue weighted by atomic mass is 19.4. The van der Waals surface area contributed by atoms with Gasteiger partial charge in [0.1, 0.15) is 0 Å². The zero-order valence-corrected chi connectivity index (χ0v) is 11.6. The number of rotatable bonds is 3. The summed E-state index contributed by atoms with van der Waals surface area (Å²) in [5.74, 6) is -0.647. The standard InChI is InChI=1S/C14H13F3N4O/c1-8(9-3-2-4-10(7-9)14(15,16)17)21-13(22)11-12(18)20-6-5-19-11/h2-8H,1H3,(H2,18,20)(H,21,22)/t8-/m0/s1. The number of halogens is 3. The predicted octanol–water partition coefficient (Wildman–Crippen LogP) is 2.57. The number of alkyl halides is 3. The van der Waals surface area contributed by atoms with Gasteiger partial charge >= 0.3 is 6.18 Å². The van der Waals surface area contributed by atoms with Crippen molar-refractivity contribution in [2.75, 3.05) is 5.73 Å². The smallest absolute Gasteiger partial charge is 0.382 e. The molecule has 0 saturated carbocycles. The van der Waals surface area contributed by atoms with Crippen molar-refractivity contribution in [2.45, 2.75) is 19.1 Å². The molecule has 0 aliphatic heterocycles. The second kappa shape index (κ2) is 6.00. The summed E-state index contributed by atoms with van der Waals surface area (Å²) < 4.78 is 38.1. The summed E-state index contributed by atoms with van der Waals surface area (Å²) in [5, 5.41) is 2.54. The van der Waals surface area contributed by atoms with Crippen molar-refractivity contribution in [2.24, 2.45) is 0 Å². The molecule has 0 aliphatic carbocycles. The van der Waals surface area contributed by atoms with Gasteiger partial charge in [-0.3, -0.25) is 4.79 Å². The van der Waals surface area contributed by atoms with Crippen LogP contribution in [-0.2, 0) is 6.18 Å². The van der Waals surface area contributed by atoms with Gasteiger partial charge in [0.25, 0.3) is 5.91 Å². The second-order valence-electron chi connectivity index (χ2n) is 4.61. The largest absolute Gasteiger partial charge is 0.416 e. The molecular weight excluding hydrogens is 297 g/mol. The van der Waals surface area contributed by atoms with Crippen molar-refractivity contribution in [1.29, 1.82) is 0 Å². The molecule has 0 spiro atoms. The molecule has 5 nitrogen and oxygen atoms in total. The van der Waals surface area contributed by atoms with Crippen LogP contribution in [0.2, 0.25) is 0 Å². The molecular formula is C14H13F3N4O. The van der Waals surface area contributed by atoms with E-state index < -0.39 is 23.7 Å². The molecule has 22 heavy (non-hydrogen) atoms. The van der Waals surface area contributed by atoms with Crippen molar-refractivity contribution in [3.63, 3.8) is 0 Å². The maximum absolute atomic E-state index is 12.7. The summed E-state index contributed by atoms with van der Waals surface area (Å²) in [4.78, 5) is 19.5. The first-order valence-corrected chi connectivity index (χ1v) is 6.33. The maximum Gasteiger partial charge on any atom is 0.416 e. The van der Waals surface area contributed by atoms with Crippen LogP contribution in [0.3, 0.4) is 0 Å². The summed E-state index contributed by atoms with van der Waals surface area (Å²) in [5.41, 5.74) is 5.02. The van der Waals surface area contributed by atoms with Gasteiger partial charge in [-0.05, 0) is 24.6 Å². The molecule has 0 saturated heterocycles. The van der Waals surface area contributed by atoms with E-state index in [0.29, 0.717) is 5.56 Å². The number of carbonyl (C=O) groups is 1. The minimum Gasteiger partial charge on any atom is -0.382 e. The van der Waals surface area contributed by atoms with E-state index in [9.17, 15) is 18.0 Å². The Kier molecular flexibility index (Phi) is 4.30. The van der Waals surface area contributed by atoms with E-state index in [1.165, 1.54) is 24.5 Å². The Morgan fingerprint density at radius 3 is 2.59 bits per heavy atom. The predicted molar refractivity (Wildman–Crippen MR) is 73.8 cm³/mol. The van der Waals surface area contributed by atoms with Crippen LogP contribution >= 0.6 is 0 Å². The van der Waals surface area contributed by atoms with Crippen molar-refractivity contribution >= 4 is 11.7 Å². The Morgan fingerprint density at radius 2 is 1.95 bits per heavy atom. The molecule has 1 amide bonds. The number of carbonyl (C=O) groups excluding carboxylic acids is 1. The van der Waals surface area contributed by atoms with E-state index in [1.807, 2.05) is 0 Å². The molecule has 0 radical (unpaired) electrons. The van der Waals surface area contributed by atoms with Crippen LogP contribution in [0.5, 0.6) is 0 Å². The molecule has 0 unspecified atom stereocenters. The van der Waals surface area contributed by atoms with E-state index in [-0.39, 0.29) is 11.5 Å². The van der Waals surface area contributed by atoms with Gasteiger partial charge in [-0.1, -0.05) is 12.1 Å². The van der Waals surface area contributed by atoms with E-state index >= 15 is 0 Å². The van der Waals surface area contributed by atoms with Crippen LogP contribution in [0.4, 0.5) is 19.0 Å². The first-order chi connectivity index (χ1) is 10.3. The fourth-order valence-corrected chi connectivity index (χ4v) is 1.86. The minimum absolute atomic E-state index is 0.0451. The molecule has 1 atom stereocenters. The van der Waals surface area contributed by atoms with E-state index in [2.05, 4.69) is 15.3 Å². The summed E-state index contributed by atoms with van der Waals surface area (Å²) in [7, 11) is 0. The Hall–Kier alpha value is -2.64. The lowest BCUT2D eigenvalue weighted by molar-refractivity contribution is -0.137. The average molecular weight is 310 g/mol. The van der Waals surface area contributed by atoms with Gasteiger partial charge in [0, 0.05) is 12.4 Å². The molecule has 1 aromatic carbocycles. The monoisotopic (exact) mass is 310 g/mol. The average Bonchev–Trinajstić information content (AvgIpc) is 2.46. The van der Waals surface area contributed by atoms with E-state index in [0.717, 1.165) is 12.1 Å². The van der Waals surface area contributed by atoms with Gasteiger partial charge < -0.3 is 11.1 Å². The van der Waals surface area contributed by atoms with Gasteiger partial charge in [0.2, 0.25) is 0 Å². The molecule has 0 fully saturated rings. The summed E-state index contributed by atoms with van der Waals surface area (Å²) in [6.07, 6.45) is -1.79. The lowest BCUT2D eigenvalue weighted by atomic mass is 10.0. The first kappa shape index (κ1) is 15.7. The second-order valence-corrected chi connectivity index (χ2v) is 4.61. The minimum atomic E-state index is -4.44. The topological polar surface area (TPSA) is 80.9 Å². The van der Waals surface area contributed by atoms with Gasteiger partial charge in [0.05, 0.1) is 11.6 Å². The van der Waals surface area contributed by atoms with Crippen LogP contribution in [0.15, 0.2) is 36.7 Å². The molecule has 116 valence electrons. The number of nitrogens with one attached hydrogen (secondary N) is 1. The third-order valence-electron chi connectivity index (χ3n) is 3.00. The summed E-state index contributed by atoms with van der Waals surface area (Å²) in [6, 6.07) is 4.11. The van der Waals surface area contributed by atoms with Gasteiger partial charge in [-0.25, -0.2) is 9.97 Å². The number of nitrogens with zero attached hydrogens (tertiary/aromatic N) is 2. The third kappa shape index (κ3) is 3.51. The van der Waals surface area contributed by atoms with Crippen molar-refractivity contribution in [3.8, 4) is 0 Å². The number of hydrogen-bond acceptors (Lipinski definition) is 4. The fourth-order valence-electron chi connectivity index (χ4n) is 1.86. The van der Waals surface area contributed by atoms with Gasteiger partial charge in [-0.2, -0.15) is 13.2 Å². The number of benzene rings is 1. The van der Waals surface area contributed by atoms with E-state index in [4.69, 9.17) is 5.73 Å². The number of amides is 1. The fraction of sp³-hybridized carbons (Fsp3) is 0.214. The van der Waals surface area contributed by atoms with Crippen LogP contribution in [0, 0.1) is 0 Å². The quantitative estimate of drug-likeness (QED) is 0.913. The van der Waals surface area contributed by atoms with Gasteiger partial charge in [-0.15, -0.1) is 0 Å². The molecule has 2 aromatic rings. The maximum atomic E-state index is 12.7. The van der Waals surface area contributed by atoms with Crippen LogP contribution < -0.4 is 11.1 Å². The van der Waals surface area contributed by atoms with Crippen LogP contribution in [-0.4, -0.2) is 15.9 Å². The zero-order valence-electron chi connectivity index (χ0n) is 11.6. The van der Waals surface area contributed by atoms with Crippen molar-refractivity contribution in [1.82, 2.24) is 15.3 Å². The highest BCUT2D eigenvalue weighted by Crippen LogP contribution is 2.30. The lowest BCUT2D eigenvalue weighted by Gasteiger charge is -2.16. The molecule has 8 heteroatoms. The third-order valence-corrected chi connectivity index (χ3v) is 3.00. The summed E-state index contributed by atoms with van der Waals surface area (Å²) in [6.45, 7) is 1.57. The molecule has 1 aromatic heterocycles. The van der Waals surface area contributed by atoms with E-state index in [1.54, 1.807) is 6.92 Å². The highest BCUT2D eigenvalue weighted by molar-refractivity contribution is 5.96. The molecule has 1 heterocycles. The number of nitrogen functional groups attached to an aromatic ring is 1. The highest BCUT2D eigenvalue weighted by Gasteiger charge is 2.30. The lowest BCUT2D eigenvalue weighted by Crippen LogP contribution is -2.28. The van der Waals surface area contributed by atoms with Crippen molar-refractivity contribution in [3.05, 3.63) is 53.5 Å². The molecule has 2 rings (SSSR count). The normalized spacial score (nSPS) is 12.7. The molecule has 0 bridgehead atoms. The Bertz CT molecular complexity index is 688. The van der Waals surface area contributed by atoms with Gasteiger partial charge in [0.15, 0.2) is 11.5 Å².